The predicted molar refractivity (Wildman–Crippen MR) is 73.6 cm³/mol. The van der Waals surface area contributed by atoms with E-state index in [-0.39, 0.29) is 0 Å². The van der Waals surface area contributed by atoms with Gasteiger partial charge in [0.2, 0.25) is 5.91 Å². The van der Waals surface area contributed by atoms with Crippen molar-refractivity contribution in [3.8, 4) is 0 Å². The molecular formula is C14H28N2O2. The molecule has 1 aliphatic rings. The molecule has 1 aliphatic heterocycles. The first-order valence-corrected chi connectivity index (χ1v) is 7.34. The number of nitrogens with zero attached hydrogens (tertiary/aromatic N) is 1. The van der Waals surface area contributed by atoms with Crippen LogP contribution in [-0.4, -0.2) is 50.2 Å². The Morgan fingerprint density at radius 2 is 2.06 bits per heavy atom. The van der Waals surface area contributed by atoms with Gasteiger partial charge in [-0.3, -0.25) is 4.79 Å². The summed E-state index contributed by atoms with van der Waals surface area (Å²) in [6.45, 7) is 9.57. The number of ether oxygens (including phenoxy) is 1. The van der Waals surface area contributed by atoms with E-state index in [1.54, 1.807) is 0 Å². The number of likely N-dealkylation sites (tertiary alicyclic amines) is 1. The molecule has 0 atom stereocenters. The average molecular weight is 256 g/mol. The maximum Gasteiger partial charge on any atom is 0.222 e. The van der Waals surface area contributed by atoms with Crippen LogP contribution in [0.5, 0.6) is 0 Å². The third-order valence-electron chi connectivity index (χ3n) is 3.53. The highest BCUT2D eigenvalue weighted by molar-refractivity contribution is 5.76. The van der Waals surface area contributed by atoms with E-state index in [0.29, 0.717) is 18.9 Å². The second-order valence-corrected chi connectivity index (χ2v) is 4.93. The molecule has 1 saturated heterocycles. The zero-order valence-corrected chi connectivity index (χ0v) is 11.9. The van der Waals surface area contributed by atoms with E-state index in [1.165, 1.54) is 0 Å². The Balaban J connectivity index is 2.11. The lowest BCUT2D eigenvalue weighted by Gasteiger charge is -2.32. The van der Waals surface area contributed by atoms with Gasteiger partial charge in [-0.2, -0.15) is 0 Å². The molecule has 0 radical (unpaired) electrons. The maximum absolute atomic E-state index is 11.9. The number of carbonyl (C=O) groups excluding carboxylic acids is 1. The number of nitrogens with one attached hydrogen (secondary N) is 1. The second-order valence-electron chi connectivity index (χ2n) is 4.93. The fourth-order valence-corrected chi connectivity index (χ4v) is 2.36. The van der Waals surface area contributed by atoms with Crippen molar-refractivity contribution in [2.45, 2.75) is 39.5 Å². The Morgan fingerprint density at radius 3 is 2.67 bits per heavy atom. The highest BCUT2D eigenvalue weighted by Gasteiger charge is 2.21. The first-order chi connectivity index (χ1) is 8.77. The van der Waals surface area contributed by atoms with Crippen LogP contribution in [0.3, 0.4) is 0 Å². The standard InChI is InChI=1S/C14H28N2O2/c1-3-15-12-13-7-9-16(10-8-13)14(17)6-5-11-18-4-2/h13,15H,3-12H2,1-2H3. The molecular weight excluding hydrogens is 228 g/mol. The van der Waals surface area contributed by atoms with E-state index >= 15 is 0 Å². The van der Waals surface area contributed by atoms with E-state index < -0.39 is 0 Å². The Morgan fingerprint density at radius 1 is 1.33 bits per heavy atom. The summed E-state index contributed by atoms with van der Waals surface area (Å²) < 4.78 is 5.25. The molecule has 0 aromatic carbocycles. The highest BCUT2D eigenvalue weighted by Crippen LogP contribution is 2.17. The molecule has 1 amide bonds. The summed E-state index contributed by atoms with van der Waals surface area (Å²) in [5.41, 5.74) is 0. The molecule has 0 bridgehead atoms. The van der Waals surface area contributed by atoms with Crippen molar-refractivity contribution >= 4 is 5.91 Å². The van der Waals surface area contributed by atoms with E-state index in [1.807, 2.05) is 11.8 Å². The lowest BCUT2D eigenvalue weighted by Crippen LogP contribution is -2.40. The molecule has 0 unspecified atom stereocenters. The van der Waals surface area contributed by atoms with Crippen LogP contribution in [0.1, 0.15) is 39.5 Å². The summed E-state index contributed by atoms with van der Waals surface area (Å²) in [4.78, 5) is 14.0. The number of carbonyl (C=O) groups is 1. The minimum absolute atomic E-state index is 0.302. The van der Waals surface area contributed by atoms with Crippen molar-refractivity contribution in [3.05, 3.63) is 0 Å². The minimum Gasteiger partial charge on any atom is -0.382 e. The minimum atomic E-state index is 0.302. The zero-order valence-electron chi connectivity index (χ0n) is 11.9. The predicted octanol–water partition coefficient (Wildman–Crippen LogP) is 1.65. The van der Waals surface area contributed by atoms with E-state index in [9.17, 15) is 4.79 Å². The number of amides is 1. The average Bonchev–Trinajstić information content (AvgIpc) is 2.41. The first-order valence-electron chi connectivity index (χ1n) is 7.34. The molecule has 1 heterocycles. The molecule has 1 N–H and O–H groups in total. The Hall–Kier alpha value is -0.610. The fourth-order valence-electron chi connectivity index (χ4n) is 2.36. The van der Waals surface area contributed by atoms with Gasteiger partial charge in [-0.05, 0) is 45.2 Å². The zero-order chi connectivity index (χ0) is 13.2. The molecule has 0 spiro atoms. The van der Waals surface area contributed by atoms with Gasteiger partial charge in [0.1, 0.15) is 0 Å². The molecule has 1 rings (SSSR count). The van der Waals surface area contributed by atoms with Crippen LogP contribution in [0.25, 0.3) is 0 Å². The van der Waals surface area contributed by atoms with Gasteiger partial charge in [0.25, 0.3) is 0 Å². The Labute approximate surface area is 111 Å². The SMILES string of the molecule is CCNCC1CCN(C(=O)CCCOCC)CC1. The molecule has 4 nitrogen and oxygen atoms in total. The first kappa shape index (κ1) is 15.4. The molecule has 0 aromatic rings. The van der Waals surface area contributed by atoms with Gasteiger partial charge >= 0.3 is 0 Å². The largest absolute Gasteiger partial charge is 0.382 e. The van der Waals surface area contributed by atoms with E-state index in [4.69, 9.17) is 4.74 Å². The third-order valence-corrected chi connectivity index (χ3v) is 3.53. The van der Waals surface area contributed by atoms with Crippen LogP contribution >= 0.6 is 0 Å². The van der Waals surface area contributed by atoms with Crippen molar-refractivity contribution in [1.82, 2.24) is 10.2 Å². The van der Waals surface area contributed by atoms with E-state index in [2.05, 4.69) is 12.2 Å². The van der Waals surface area contributed by atoms with Crippen LogP contribution < -0.4 is 5.32 Å². The van der Waals surface area contributed by atoms with Gasteiger partial charge in [-0.25, -0.2) is 0 Å². The summed E-state index contributed by atoms with van der Waals surface area (Å²) in [5.74, 6) is 1.05. The quantitative estimate of drug-likeness (QED) is 0.671. The monoisotopic (exact) mass is 256 g/mol. The molecule has 106 valence electrons. The van der Waals surface area contributed by atoms with Crippen molar-refractivity contribution in [2.75, 3.05) is 39.4 Å². The maximum atomic E-state index is 11.9. The van der Waals surface area contributed by atoms with Crippen molar-refractivity contribution in [1.29, 1.82) is 0 Å². The van der Waals surface area contributed by atoms with Gasteiger partial charge in [0, 0.05) is 32.7 Å². The molecule has 0 aromatic heterocycles. The number of piperidine rings is 1. The van der Waals surface area contributed by atoms with Crippen LogP contribution in [0, 0.1) is 5.92 Å². The van der Waals surface area contributed by atoms with Gasteiger partial charge < -0.3 is 15.0 Å². The smallest absolute Gasteiger partial charge is 0.222 e. The van der Waals surface area contributed by atoms with Crippen molar-refractivity contribution in [3.63, 3.8) is 0 Å². The van der Waals surface area contributed by atoms with Crippen LogP contribution in [0.15, 0.2) is 0 Å². The number of hydrogen-bond acceptors (Lipinski definition) is 3. The van der Waals surface area contributed by atoms with E-state index in [0.717, 1.165) is 58.0 Å². The molecule has 0 saturated carbocycles. The Bertz CT molecular complexity index is 226. The number of rotatable bonds is 8. The summed E-state index contributed by atoms with van der Waals surface area (Å²) in [6.07, 6.45) is 3.77. The van der Waals surface area contributed by atoms with Gasteiger partial charge in [-0.15, -0.1) is 0 Å². The van der Waals surface area contributed by atoms with Gasteiger partial charge in [-0.1, -0.05) is 6.92 Å². The van der Waals surface area contributed by atoms with Crippen molar-refractivity contribution < 1.29 is 9.53 Å². The second kappa shape index (κ2) is 9.34. The normalized spacial score (nSPS) is 17.1. The summed E-state index contributed by atoms with van der Waals surface area (Å²) in [7, 11) is 0. The topological polar surface area (TPSA) is 41.6 Å². The molecule has 1 fully saturated rings. The summed E-state index contributed by atoms with van der Waals surface area (Å²) >= 11 is 0. The van der Waals surface area contributed by atoms with Crippen LogP contribution in [0.4, 0.5) is 0 Å². The molecule has 0 aliphatic carbocycles. The van der Waals surface area contributed by atoms with Crippen LogP contribution in [-0.2, 0) is 9.53 Å². The Kier molecular flexibility index (Phi) is 8.01. The van der Waals surface area contributed by atoms with Crippen molar-refractivity contribution in [2.24, 2.45) is 5.92 Å². The lowest BCUT2D eigenvalue weighted by atomic mass is 9.96. The lowest BCUT2D eigenvalue weighted by molar-refractivity contribution is -0.132. The summed E-state index contributed by atoms with van der Waals surface area (Å²) in [6, 6.07) is 0. The fraction of sp³-hybridized carbons (Fsp3) is 0.929. The summed E-state index contributed by atoms with van der Waals surface area (Å²) in [5, 5.41) is 3.39. The molecule has 18 heavy (non-hydrogen) atoms. The van der Waals surface area contributed by atoms with Crippen LogP contribution in [0.2, 0.25) is 0 Å². The number of hydrogen-bond donors (Lipinski definition) is 1. The van der Waals surface area contributed by atoms with Gasteiger partial charge in [0.15, 0.2) is 0 Å². The molecule has 4 heteroatoms. The van der Waals surface area contributed by atoms with Gasteiger partial charge in [0.05, 0.1) is 0 Å². The highest BCUT2D eigenvalue weighted by atomic mass is 16.5. The third kappa shape index (κ3) is 5.83.